The number of aromatic nitrogens is 2. The Balaban J connectivity index is 1.68. The normalized spacial score (nSPS) is 16.5. The summed E-state index contributed by atoms with van der Waals surface area (Å²) in [5.74, 6) is 2.71. The number of carbonyl (C=O) groups is 1. The summed E-state index contributed by atoms with van der Waals surface area (Å²) in [6.07, 6.45) is 10.5. The van der Waals surface area contributed by atoms with Gasteiger partial charge in [-0.3, -0.25) is 4.79 Å². The van der Waals surface area contributed by atoms with Crippen molar-refractivity contribution < 1.29 is 4.79 Å². The molecule has 0 atom stereocenters. The third kappa shape index (κ3) is 4.37. The van der Waals surface area contributed by atoms with Crippen LogP contribution >= 0.6 is 0 Å². The van der Waals surface area contributed by atoms with Crippen LogP contribution in [0.1, 0.15) is 57.7 Å². The lowest BCUT2D eigenvalue weighted by atomic mass is 9.85. The first-order chi connectivity index (χ1) is 9.29. The average molecular weight is 263 g/mol. The molecule has 1 aliphatic rings. The van der Waals surface area contributed by atoms with Crippen LogP contribution < -0.4 is 5.32 Å². The maximum atomic E-state index is 12.0. The van der Waals surface area contributed by atoms with Crippen molar-refractivity contribution in [2.24, 2.45) is 5.92 Å². The quantitative estimate of drug-likeness (QED) is 0.793. The van der Waals surface area contributed by atoms with Crippen molar-refractivity contribution in [1.29, 1.82) is 0 Å². The van der Waals surface area contributed by atoms with Crippen molar-refractivity contribution in [3.63, 3.8) is 0 Å². The fourth-order valence-corrected chi connectivity index (χ4v) is 2.77. The van der Waals surface area contributed by atoms with E-state index < -0.39 is 0 Å². The number of hydrogen-bond acceptors (Lipinski definition) is 3. The van der Waals surface area contributed by atoms with Crippen LogP contribution in [0.5, 0.6) is 0 Å². The summed E-state index contributed by atoms with van der Waals surface area (Å²) in [5, 5.41) is 3.25. The Hall–Kier alpha value is -1.32. The molecule has 19 heavy (non-hydrogen) atoms. The fraction of sp³-hybridized carbons (Fsp3) is 0.733. The Morgan fingerprint density at radius 3 is 2.95 bits per heavy atom. The van der Waals surface area contributed by atoms with Crippen LogP contribution in [0.4, 0.5) is 5.82 Å². The molecular weight excluding hydrogens is 238 g/mol. The lowest BCUT2D eigenvalue weighted by Crippen LogP contribution is -2.20. The number of nitrogens with zero attached hydrogens (tertiary/aromatic N) is 1. The second-order valence-corrected chi connectivity index (χ2v) is 5.47. The maximum absolute atomic E-state index is 12.0. The molecule has 1 heterocycles. The molecule has 4 nitrogen and oxygen atoms in total. The van der Waals surface area contributed by atoms with Gasteiger partial charge in [-0.1, -0.05) is 26.2 Å². The first-order valence-electron chi connectivity index (χ1n) is 7.60. The molecule has 4 heteroatoms. The summed E-state index contributed by atoms with van der Waals surface area (Å²) in [6.45, 7) is 2.85. The highest BCUT2D eigenvalue weighted by Crippen LogP contribution is 2.25. The number of ketones is 1. The van der Waals surface area contributed by atoms with Crippen molar-refractivity contribution in [2.45, 2.75) is 58.3 Å². The van der Waals surface area contributed by atoms with Gasteiger partial charge < -0.3 is 10.3 Å². The molecule has 0 aromatic carbocycles. The topological polar surface area (TPSA) is 57.8 Å². The minimum absolute atomic E-state index is 0.327. The van der Waals surface area contributed by atoms with E-state index in [0.717, 1.165) is 37.3 Å². The number of nitrogens with one attached hydrogen (secondary N) is 2. The smallest absolute Gasteiger partial charge is 0.137 e. The summed E-state index contributed by atoms with van der Waals surface area (Å²) >= 11 is 0. The zero-order valence-corrected chi connectivity index (χ0v) is 11.9. The number of imidazole rings is 1. The van der Waals surface area contributed by atoms with E-state index in [1.807, 2.05) is 6.20 Å². The minimum atomic E-state index is 0.327. The van der Waals surface area contributed by atoms with Gasteiger partial charge in [0.05, 0.1) is 6.20 Å². The molecule has 0 bridgehead atoms. The number of hydrogen-bond donors (Lipinski definition) is 2. The van der Waals surface area contributed by atoms with E-state index >= 15 is 0 Å². The standard InChI is InChI=1S/C15H25N3O/c1-2-6-14-17-11-15(18-14)16-10-9-13(19)12-7-4-3-5-8-12/h11-12,16H,2-10H2,1H3,(H,17,18). The Kier molecular flexibility index (Phi) is 5.43. The largest absolute Gasteiger partial charge is 0.370 e. The van der Waals surface area contributed by atoms with Crippen molar-refractivity contribution in [2.75, 3.05) is 11.9 Å². The Labute approximate surface area is 115 Å². The van der Waals surface area contributed by atoms with E-state index in [4.69, 9.17) is 0 Å². The molecule has 1 aromatic rings. The summed E-state index contributed by atoms with van der Waals surface area (Å²) in [7, 11) is 0. The molecule has 0 radical (unpaired) electrons. The molecular formula is C15H25N3O. The zero-order chi connectivity index (χ0) is 13.5. The summed E-state index contributed by atoms with van der Waals surface area (Å²) in [4.78, 5) is 19.6. The van der Waals surface area contributed by atoms with Gasteiger partial charge in [0.1, 0.15) is 17.4 Å². The number of rotatable bonds is 7. The highest BCUT2D eigenvalue weighted by atomic mass is 16.1. The number of anilines is 1. The van der Waals surface area contributed by atoms with Gasteiger partial charge in [0, 0.05) is 25.3 Å². The van der Waals surface area contributed by atoms with Gasteiger partial charge >= 0.3 is 0 Å². The van der Waals surface area contributed by atoms with E-state index in [-0.39, 0.29) is 0 Å². The predicted molar refractivity (Wildman–Crippen MR) is 77.3 cm³/mol. The molecule has 1 aromatic heterocycles. The van der Waals surface area contributed by atoms with Crippen molar-refractivity contribution >= 4 is 11.6 Å². The maximum Gasteiger partial charge on any atom is 0.137 e. The molecule has 0 amide bonds. The molecule has 0 unspecified atom stereocenters. The molecule has 0 saturated heterocycles. The van der Waals surface area contributed by atoms with Crippen molar-refractivity contribution in [3.05, 3.63) is 12.0 Å². The molecule has 2 rings (SSSR count). The molecule has 0 spiro atoms. The molecule has 1 saturated carbocycles. The summed E-state index contributed by atoms with van der Waals surface area (Å²) in [6, 6.07) is 0. The Morgan fingerprint density at radius 2 is 2.21 bits per heavy atom. The van der Waals surface area contributed by atoms with Gasteiger partial charge in [-0.15, -0.1) is 0 Å². The van der Waals surface area contributed by atoms with E-state index in [2.05, 4.69) is 22.2 Å². The Morgan fingerprint density at radius 1 is 1.42 bits per heavy atom. The van der Waals surface area contributed by atoms with Gasteiger partial charge in [-0.2, -0.15) is 0 Å². The number of H-pyrrole nitrogens is 1. The van der Waals surface area contributed by atoms with E-state index in [9.17, 15) is 4.79 Å². The second kappa shape index (κ2) is 7.31. The third-order valence-corrected chi connectivity index (χ3v) is 3.86. The van der Waals surface area contributed by atoms with E-state index in [0.29, 0.717) is 24.7 Å². The van der Waals surface area contributed by atoms with Crippen LogP contribution in [0.15, 0.2) is 6.20 Å². The third-order valence-electron chi connectivity index (χ3n) is 3.86. The number of Topliss-reactive ketones (excluding diaryl/α,β-unsaturated/α-hetero) is 1. The van der Waals surface area contributed by atoms with Crippen LogP contribution in [-0.2, 0) is 11.2 Å². The first kappa shape index (κ1) is 14.1. The van der Waals surface area contributed by atoms with E-state index in [1.54, 1.807) is 0 Å². The van der Waals surface area contributed by atoms with Crippen LogP contribution in [0.3, 0.4) is 0 Å². The summed E-state index contributed by atoms with van der Waals surface area (Å²) in [5.41, 5.74) is 0. The summed E-state index contributed by atoms with van der Waals surface area (Å²) < 4.78 is 0. The molecule has 1 aliphatic carbocycles. The van der Waals surface area contributed by atoms with Gasteiger partial charge in [-0.25, -0.2) is 4.98 Å². The monoisotopic (exact) mass is 263 g/mol. The highest BCUT2D eigenvalue weighted by molar-refractivity contribution is 5.81. The molecule has 1 fully saturated rings. The number of aryl methyl sites for hydroxylation is 1. The van der Waals surface area contributed by atoms with Crippen LogP contribution in [0, 0.1) is 5.92 Å². The van der Waals surface area contributed by atoms with Crippen LogP contribution in [0.25, 0.3) is 0 Å². The fourth-order valence-electron chi connectivity index (χ4n) is 2.77. The predicted octanol–water partition coefficient (Wildman–Crippen LogP) is 3.31. The minimum Gasteiger partial charge on any atom is -0.370 e. The highest BCUT2D eigenvalue weighted by Gasteiger charge is 2.20. The van der Waals surface area contributed by atoms with Gasteiger partial charge in [0.2, 0.25) is 0 Å². The van der Waals surface area contributed by atoms with Gasteiger partial charge in [0.25, 0.3) is 0 Å². The number of aromatic amines is 1. The van der Waals surface area contributed by atoms with Crippen LogP contribution in [-0.4, -0.2) is 22.3 Å². The van der Waals surface area contributed by atoms with Gasteiger partial charge in [0.15, 0.2) is 0 Å². The van der Waals surface area contributed by atoms with Gasteiger partial charge in [-0.05, 0) is 19.3 Å². The molecule has 0 aliphatic heterocycles. The van der Waals surface area contributed by atoms with Crippen molar-refractivity contribution in [1.82, 2.24) is 9.97 Å². The second-order valence-electron chi connectivity index (χ2n) is 5.47. The SMILES string of the molecule is CCCc1ncc(NCCC(=O)C2CCCCC2)[nH]1. The van der Waals surface area contributed by atoms with Crippen LogP contribution in [0.2, 0.25) is 0 Å². The van der Waals surface area contributed by atoms with Crippen molar-refractivity contribution in [3.8, 4) is 0 Å². The lowest BCUT2D eigenvalue weighted by Gasteiger charge is -2.20. The molecule has 2 N–H and O–H groups in total. The average Bonchev–Trinajstić information content (AvgIpc) is 2.88. The lowest BCUT2D eigenvalue weighted by molar-refractivity contribution is -0.123. The first-order valence-corrected chi connectivity index (χ1v) is 7.60. The van der Waals surface area contributed by atoms with E-state index in [1.165, 1.54) is 19.3 Å². The molecule has 106 valence electrons. The zero-order valence-electron chi connectivity index (χ0n) is 11.9. The number of carbonyl (C=O) groups excluding carboxylic acids is 1. The Bertz CT molecular complexity index is 394.